The number of rotatable bonds is 10. The largest absolute Gasteiger partial charge is 1.00 e. The topological polar surface area (TPSA) is 75.7 Å². The fourth-order valence-electron chi connectivity index (χ4n) is 4.14. The van der Waals surface area contributed by atoms with Crippen LogP contribution in [0.5, 0.6) is 17.2 Å². The molecule has 36 heavy (non-hydrogen) atoms. The van der Waals surface area contributed by atoms with Crippen LogP contribution in [0.4, 0.5) is 0 Å². The molecule has 0 aliphatic carbocycles. The van der Waals surface area contributed by atoms with Gasteiger partial charge in [0.2, 0.25) is 0 Å². The summed E-state index contributed by atoms with van der Waals surface area (Å²) in [4.78, 5) is 23.9. The molecule has 8 heteroatoms. The number of unbranched alkanes of at least 4 members (excludes halogenated alkanes) is 2. The number of fused-ring (bicyclic) bond motifs is 1. The number of carboxylic acid groups (broad SMARTS) is 1. The summed E-state index contributed by atoms with van der Waals surface area (Å²) in [5.41, 5.74) is 2.37. The predicted molar refractivity (Wildman–Crippen MR) is 134 cm³/mol. The number of aliphatic carboxylic acids is 1. The van der Waals surface area contributed by atoms with E-state index in [-0.39, 0.29) is 47.0 Å². The van der Waals surface area contributed by atoms with Crippen molar-refractivity contribution < 1.29 is 53.7 Å². The van der Waals surface area contributed by atoms with Crippen molar-refractivity contribution in [2.24, 2.45) is 0 Å². The maximum atomic E-state index is 12.5. The summed E-state index contributed by atoms with van der Waals surface area (Å²) in [6, 6.07) is 17.9. The van der Waals surface area contributed by atoms with Crippen LogP contribution in [-0.2, 0) is 11.2 Å². The fourth-order valence-corrected chi connectivity index (χ4v) is 4.47. The number of aryl methyl sites for hydroxylation is 1. The number of ketones is 1. The SMILES string of the molecule is O=C(CCCCCc1ccc(Cl)cc1)c1ccc(Oc2cc3c(cc2Cl)C(C(=O)[O-])CCO3)cc1.[Na+]. The maximum absolute atomic E-state index is 12.5. The van der Waals surface area contributed by atoms with Crippen molar-refractivity contribution in [3.05, 3.63) is 87.4 Å². The third-order valence-electron chi connectivity index (χ3n) is 6.07. The van der Waals surface area contributed by atoms with Crippen molar-refractivity contribution >= 4 is 35.0 Å². The van der Waals surface area contributed by atoms with Crippen LogP contribution in [0.3, 0.4) is 0 Å². The first kappa shape index (κ1) is 28.5. The molecule has 182 valence electrons. The molecular weight excluding hydrogens is 510 g/mol. The molecule has 0 aromatic heterocycles. The molecule has 1 atom stereocenters. The van der Waals surface area contributed by atoms with Crippen LogP contribution in [0, 0.1) is 0 Å². The van der Waals surface area contributed by atoms with Crippen LogP contribution in [-0.4, -0.2) is 18.4 Å². The number of carbonyl (C=O) groups is 2. The van der Waals surface area contributed by atoms with Crippen LogP contribution < -0.4 is 44.1 Å². The number of ether oxygens (including phenoxy) is 2. The van der Waals surface area contributed by atoms with Gasteiger partial charge in [0, 0.05) is 40.5 Å². The number of Topliss-reactive ketones (excluding diaryl/α,β-unsaturated/α-hetero) is 1. The summed E-state index contributed by atoms with van der Waals surface area (Å²) >= 11 is 12.2. The van der Waals surface area contributed by atoms with E-state index >= 15 is 0 Å². The molecule has 0 saturated carbocycles. The average Bonchev–Trinajstić information content (AvgIpc) is 2.85. The zero-order chi connectivity index (χ0) is 24.8. The molecule has 0 bridgehead atoms. The molecule has 0 radical (unpaired) electrons. The summed E-state index contributed by atoms with van der Waals surface area (Å²) in [5.74, 6) is -0.527. The van der Waals surface area contributed by atoms with Gasteiger partial charge in [0.05, 0.1) is 11.6 Å². The Morgan fingerprint density at radius 3 is 2.39 bits per heavy atom. The van der Waals surface area contributed by atoms with E-state index in [0.29, 0.717) is 41.2 Å². The van der Waals surface area contributed by atoms with Gasteiger partial charge in [-0.1, -0.05) is 41.8 Å². The number of hydrogen-bond donors (Lipinski definition) is 0. The van der Waals surface area contributed by atoms with Crippen LogP contribution in [0.1, 0.15) is 59.5 Å². The van der Waals surface area contributed by atoms with E-state index in [1.807, 2.05) is 24.3 Å². The van der Waals surface area contributed by atoms with Crippen molar-refractivity contribution in [1.82, 2.24) is 0 Å². The molecule has 1 aliphatic heterocycles. The van der Waals surface area contributed by atoms with Crippen LogP contribution in [0.2, 0.25) is 10.0 Å². The Kier molecular flexibility index (Phi) is 10.7. The monoisotopic (exact) mass is 534 g/mol. The normalized spacial score (nSPS) is 14.2. The quantitative estimate of drug-likeness (QED) is 0.226. The zero-order valence-corrected chi connectivity index (χ0v) is 23.6. The van der Waals surface area contributed by atoms with Gasteiger partial charge < -0.3 is 19.4 Å². The van der Waals surface area contributed by atoms with E-state index in [0.717, 1.165) is 30.7 Å². The van der Waals surface area contributed by atoms with Gasteiger partial charge in [-0.15, -0.1) is 0 Å². The Balaban J connectivity index is 0.00000361. The third kappa shape index (κ3) is 7.50. The standard InChI is InChI=1S/C28H26Cl2O5.Na/c29-20-10-6-18(7-11-20)4-2-1-3-5-25(31)19-8-12-21(13-9-19)35-27-17-26-23(16-24(27)30)22(28(32)33)14-15-34-26;/h6-13,16-17,22H,1-5,14-15H2,(H,32,33);/q;+1/p-1. The Bertz CT molecular complexity index is 1200. The van der Waals surface area contributed by atoms with Gasteiger partial charge in [-0.2, -0.15) is 0 Å². The van der Waals surface area contributed by atoms with Gasteiger partial charge in [-0.05, 0) is 73.7 Å². The van der Waals surface area contributed by atoms with Crippen LogP contribution in [0.25, 0.3) is 0 Å². The Morgan fingerprint density at radius 2 is 1.69 bits per heavy atom. The number of carboxylic acids is 1. The minimum absolute atomic E-state index is 0. The van der Waals surface area contributed by atoms with E-state index in [9.17, 15) is 14.7 Å². The zero-order valence-electron chi connectivity index (χ0n) is 20.1. The van der Waals surface area contributed by atoms with E-state index in [1.54, 1.807) is 36.4 Å². The second kappa shape index (κ2) is 13.5. The molecule has 0 spiro atoms. The molecule has 0 fully saturated rings. The number of halogens is 2. The summed E-state index contributed by atoms with van der Waals surface area (Å²) in [6.07, 6.45) is 4.64. The molecule has 0 amide bonds. The van der Waals surface area contributed by atoms with Crippen molar-refractivity contribution in [3.63, 3.8) is 0 Å². The van der Waals surface area contributed by atoms with E-state index in [1.165, 1.54) is 5.56 Å². The molecule has 1 aliphatic rings. The van der Waals surface area contributed by atoms with Crippen LogP contribution >= 0.6 is 23.2 Å². The van der Waals surface area contributed by atoms with Gasteiger partial charge in [-0.25, -0.2) is 0 Å². The van der Waals surface area contributed by atoms with Gasteiger partial charge in [0.1, 0.15) is 17.2 Å². The second-order valence-electron chi connectivity index (χ2n) is 8.57. The Labute approximate surface area is 243 Å². The molecule has 3 aromatic carbocycles. The number of carbonyl (C=O) groups excluding carboxylic acids is 2. The molecule has 0 N–H and O–H groups in total. The molecule has 0 saturated heterocycles. The van der Waals surface area contributed by atoms with Crippen molar-refractivity contribution in [2.45, 2.75) is 44.4 Å². The van der Waals surface area contributed by atoms with Gasteiger partial charge >= 0.3 is 29.6 Å². The smallest absolute Gasteiger partial charge is 0.549 e. The maximum Gasteiger partial charge on any atom is 1.00 e. The summed E-state index contributed by atoms with van der Waals surface area (Å²) in [5, 5.41) is 12.4. The van der Waals surface area contributed by atoms with Gasteiger partial charge in [0.15, 0.2) is 5.78 Å². The minimum atomic E-state index is -1.15. The molecule has 3 aromatic rings. The molecular formula is C28H25Cl2NaO5. The summed E-state index contributed by atoms with van der Waals surface area (Å²) in [6.45, 7) is 0.282. The second-order valence-corrected chi connectivity index (χ2v) is 9.41. The predicted octanol–water partition coefficient (Wildman–Crippen LogP) is 3.39. The van der Waals surface area contributed by atoms with E-state index in [4.69, 9.17) is 32.7 Å². The van der Waals surface area contributed by atoms with Crippen molar-refractivity contribution in [3.8, 4) is 17.2 Å². The van der Waals surface area contributed by atoms with Crippen LogP contribution in [0.15, 0.2) is 60.7 Å². The Hall–Kier alpha value is -2.02. The van der Waals surface area contributed by atoms with Crippen molar-refractivity contribution in [1.29, 1.82) is 0 Å². The van der Waals surface area contributed by atoms with E-state index in [2.05, 4.69) is 0 Å². The number of benzene rings is 3. The fraction of sp³-hybridized carbons (Fsp3) is 0.286. The summed E-state index contributed by atoms with van der Waals surface area (Å²) in [7, 11) is 0. The van der Waals surface area contributed by atoms with Gasteiger partial charge in [0.25, 0.3) is 0 Å². The summed E-state index contributed by atoms with van der Waals surface area (Å²) < 4.78 is 11.5. The third-order valence-corrected chi connectivity index (χ3v) is 6.62. The Morgan fingerprint density at radius 1 is 0.972 bits per heavy atom. The van der Waals surface area contributed by atoms with E-state index < -0.39 is 11.9 Å². The van der Waals surface area contributed by atoms with Gasteiger partial charge in [-0.3, -0.25) is 4.79 Å². The first-order chi connectivity index (χ1) is 16.9. The molecule has 1 unspecified atom stereocenters. The first-order valence-corrected chi connectivity index (χ1v) is 12.4. The minimum Gasteiger partial charge on any atom is -0.549 e. The molecule has 5 nitrogen and oxygen atoms in total. The number of hydrogen-bond acceptors (Lipinski definition) is 5. The molecule has 1 heterocycles. The average molecular weight is 535 g/mol. The molecule has 4 rings (SSSR count). The van der Waals surface area contributed by atoms with Crippen molar-refractivity contribution in [2.75, 3.05) is 6.61 Å². The first-order valence-electron chi connectivity index (χ1n) is 11.6.